The van der Waals surface area contributed by atoms with Gasteiger partial charge in [0.1, 0.15) is 0 Å². The molecule has 2 heteroatoms. The van der Waals surface area contributed by atoms with Crippen LogP contribution in [0.25, 0.3) is 0 Å². The summed E-state index contributed by atoms with van der Waals surface area (Å²) >= 11 is 0. The molecule has 3 fully saturated rings. The third-order valence-electron chi connectivity index (χ3n) is 8.66. The number of hydrogen-bond acceptors (Lipinski definition) is 1. The lowest BCUT2D eigenvalue weighted by atomic mass is 9.47. The van der Waals surface area contributed by atoms with Crippen LogP contribution < -0.4 is 0 Å². The maximum Gasteiger partial charge on any atom is 0.0966 e. The van der Waals surface area contributed by atoms with Crippen LogP contribution in [0.4, 0.5) is 4.39 Å². The van der Waals surface area contributed by atoms with Gasteiger partial charge in [-0.1, -0.05) is 32.4 Å². The summed E-state index contributed by atoms with van der Waals surface area (Å²) in [6, 6.07) is 0. The Balaban J connectivity index is 1.70. The highest BCUT2D eigenvalue weighted by Crippen LogP contribution is 2.66. The van der Waals surface area contributed by atoms with Crippen LogP contribution in [0.2, 0.25) is 0 Å². The zero-order valence-corrected chi connectivity index (χ0v) is 15.7. The Morgan fingerprint density at radius 1 is 1.21 bits per heavy atom. The molecular formula is C22H33FO. The first kappa shape index (κ1) is 16.8. The highest BCUT2D eigenvalue weighted by molar-refractivity contribution is 5.30. The number of aliphatic hydroxyl groups excluding tert-OH is 1. The number of halogens is 1. The molecule has 0 bridgehead atoms. The van der Waals surface area contributed by atoms with Crippen molar-refractivity contribution in [2.45, 2.75) is 78.7 Å². The van der Waals surface area contributed by atoms with Gasteiger partial charge in [0, 0.05) is 0 Å². The van der Waals surface area contributed by atoms with Crippen molar-refractivity contribution in [2.24, 2.45) is 34.5 Å². The number of aliphatic hydroxyl groups is 1. The van der Waals surface area contributed by atoms with E-state index in [2.05, 4.69) is 26.8 Å². The molecule has 7 atom stereocenters. The Morgan fingerprint density at radius 2 is 1.92 bits per heavy atom. The number of allylic oxidation sites excluding steroid dienone is 3. The predicted molar refractivity (Wildman–Crippen MR) is 96.1 cm³/mol. The summed E-state index contributed by atoms with van der Waals surface area (Å²) in [5, 5.41) is 10.3. The first-order chi connectivity index (χ1) is 11.3. The van der Waals surface area contributed by atoms with Crippen LogP contribution >= 0.6 is 0 Å². The molecule has 0 spiro atoms. The molecule has 0 aromatic rings. The van der Waals surface area contributed by atoms with Crippen molar-refractivity contribution in [1.29, 1.82) is 0 Å². The molecule has 1 nitrogen and oxygen atoms in total. The van der Waals surface area contributed by atoms with Gasteiger partial charge in [-0.05, 0) is 91.9 Å². The fraction of sp³-hybridized carbons (Fsp3) is 0.818. The van der Waals surface area contributed by atoms with Crippen LogP contribution in [0.1, 0.15) is 72.6 Å². The third kappa shape index (κ3) is 2.14. The minimum atomic E-state index is -0.162. The Labute approximate surface area is 146 Å². The van der Waals surface area contributed by atoms with E-state index in [4.69, 9.17) is 0 Å². The lowest BCUT2D eigenvalue weighted by molar-refractivity contribution is -0.0430. The molecule has 4 aliphatic carbocycles. The quantitative estimate of drug-likeness (QED) is 0.556. The molecule has 1 N–H and O–H groups in total. The molecule has 0 aromatic heterocycles. The van der Waals surface area contributed by atoms with Crippen molar-refractivity contribution >= 4 is 0 Å². The van der Waals surface area contributed by atoms with Crippen LogP contribution in [0.5, 0.6) is 0 Å². The smallest absolute Gasteiger partial charge is 0.0966 e. The summed E-state index contributed by atoms with van der Waals surface area (Å²) < 4.78 is 14.1. The van der Waals surface area contributed by atoms with Gasteiger partial charge in [-0.15, -0.1) is 0 Å². The number of hydrogen-bond donors (Lipinski definition) is 1. The van der Waals surface area contributed by atoms with E-state index in [0.29, 0.717) is 17.8 Å². The molecule has 0 aliphatic heterocycles. The standard InChI is InChI=1S/C22H33FO/c1-13-12-22(4)15(11-20(13)24)5-6-16-18-8-7-17(14(2)23)21(18,3)10-9-19(16)22/h5,13,16,18-20,24H,6-12H2,1-4H3/b17-14+/t13-,16?,18?,19?,20-,21-,22+/m1/s1. The van der Waals surface area contributed by atoms with Gasteiger partial charge in [0.15, 0.2) is 0 Å². The first-order valence-electron chi connectivity index (χ1n) is 10.0. The summed E-state index contributed by atoms with van der Waals surface area (Å²) in [4.78, 5) is 0. The van der Waals surface area contributed by atoms with Gasteiger partial charge in [-0.2, -0.15) is 0 Å². The van der Waals surface area contributed by atoms with Crippen molar-refractivity contribution in [3.8, 4) is 0 Å². The van der Waals surface area contributed by atoms with E-state index in [1.165, 1.54) is 18.4 Å². The lowest BCUT2D eigenvalue weighted by Gasteiger charge is -2.58. The van der Waals surface area contributed by atoms with Crippen molar-refractivity contribution in [2.75, 3.05) is 0 Å². The van der Waals surface area contributed by atoms with E-state index < -0.39 is 0 Å². The maximum atomic E-state index is 14.1. The van der Waals surface area contributed by atoms with Crippen LogP contribution in [0.15, 0.2) is 23.0 Å². The molecule has 0 radical (unpaired) electrons. The normalized spacial score (nSPS) is 52.9. The molecule has 3 saturated carbocycles. The minimum absolute atomic E-state index is 0.0890. The average Bonchev–Trinajstić information content (AvgIpc) is 2.86. The third-order valence-corrected chi connectivity index (χ3v) is 8.66. The molecule has 4 aliphatic rings. The van der Waals surface area contributed by atoms with Crippen molar-refractivity contribution in [3.05, 3.63) is 23.0 Å². The topological polar surface area (TPSA) is 20.2 Å². The zero-order chi connectivity index (χ0) is 17.3. The predicted octanol–water partition coefficient (Wildman–Crippen LogP) is 5.80. The summed E-state index contributed by atoms with van der Waals surface area (Å²) in [6.45, 7) is 8.69. The van der Waals surface area contributed by atoms with E-state index in [0.717, 1.165) is 43.6 Å². The Hall–Kier alpha value is -0.630. The maximum absolute atomic E-state index is 14.1. The second-order valence-electron chi connectivity index (χ2n) is 9.72. The van der Waals surface area contributed by atoms with Gasteiger partial charge in [0.05, 0.1) is 11.9 Å². The second-order valence-corrected chi connectivity index (χ2v) is 9.72. The first-order valence-corrected chi connectivity index (χ1v) is 10.0. The van der Waals surface area contributed by atoms with Crippen LogP contribution in [-0.4, -0.2) is 11.2 Å². The average molecular weight is 333 g/mol. The van der Waals surface area contributed by atoms with Gasteiger partial charge >= 0.3 is 0 Å². The van der Waals surface area contributed by atoms with Crippen LogP contribution in [0.3, 0.4) is 0 Å². The van der Waals surface area contributed by atoms with Crippen molar-refractivity contribution in [1.82, 2.24) is 0 Å². The molecule has 4 rings (SSSR count). The summed E-state index contributed by atoms with van der Waals surface area (Å²) in [5.74, 6) is 2.56. The van der Waals surface area contributed by atoms with E-state index in [1.807, 2.05) is 0 Å². The van der Waals surface area contributed by atoms with Crippen molar-refractivity contribution in [3.63, 3.8) is 0 Å². The molecule has 3 unspecified atom stereocenters. The largest absolute Gasteiger partial charge is 0.393 e. The number of fused-ring (bicyclic) bond motifs is 5. The summed E-state index contributed by atoms with van der Waals surface area (Å²) in [7, 11) is 0. The van der Waals surface area contributed by atoms with Crippen LogP contribution in [0, 0.1) is 34.5 Å². The van der Waals surface area contributed by atoms with Gasteiger partial charge < -0.3 is 5.11 Å². The van der Waals surface area contributed by atoms with E-state index in [-0.39, 0.29) is 22.8 Å². The second kappa shape index (κ2) is 5.43. The monoisotopic (exact) mass is 332 g/mol. The highest BCUT2D eigenvalue weighted by Gasteiger charge is 2.58. The molecular weight excluding hydrogens is 299 g/mol. The van der Waals surface area contributed by atoms with Crippen LogP contribution in [-0.2, 0) is 0 Å². The lowest BCUT2D eigenvalue weighted by Crippen LogP contribution is -2.51. The summed E-state index contributed by atoms with van der Waals surface area (Å²) in [6.07, 6.45) is 9.96. The molecule has 24 heavy (non-hydrogen) atoms. The number of rotatable bonds is 0. The Kier molecular flexibility index (Phi) is 3.81. The SMILES string of the molecule is C/C(F)=C1/CCC2C3CC=C4C[C@@H](O)[C@H](C)C[C@]4(C)C3CC[C@]12C. The van der Waals surface area contributed by atoms with E-state index >= 15 is 0 Å². The Morgan fingerprint density at radius 3 is 2.62 bits per heavy atom. The molecule has 134 valence electrons. The fourth-order valence-corrected chi connectivity index (χ4v) is 7.37. The minimum Gasteiger partial charge on any atom is -0.393 e. The van der Waals surface area contributed by atoms with Crippen molar-refractivity contribution < 1.29 is 9.50 Å². The molecule has 0 saturated heterocycles. The van der Waals surface area contributed by atoms with E-state index in [1.54, 1.807) is 6.92 Å². The van der Waals surface area contributed by atoms with Gasteiger partial charge in [-0.3, -0.25) is 0 Å². The van der Waals surface area contributed by atoms with Gasteiger partial charge in [0.25, 0.3) is 0 Å². The van der Waals surface area contributed by atoms with Gasteiger partial charge in [0.2, 0.25) is 0 Å². The molecule has 0 aromatic carbocycles. The highest BCUT2D eigenvalue weighted by atomic mass is 19.1. The van der Waals surface area contributed by atoms with Gasteiger partial charge in [-0.25, -0.2) is 4.39 Å². The Bertz CT molecular complexity index is 601. The molecule has 0 amide bonds. The fourth-order valence-electron chi connectivity index (χ4n) is 7.37. The molecule has 0 heterocycles. The summed E-state index contributed by atoms with van der Waals surface area (Å²) in [5.41, 5.74) is 3.01. The van der Waals surface area contributed by atoms with E-state index in [9.17, 15) is 9.50 Å². The zero-order valence-electron chi connectivity index (χ0n) is 15.7.